The smallest absolute Gasteiger partial charge is 0.226 e. The van der Waals surface area contributed by atoms with E-state index in [0.29, 0.717) is 32.6 Å². The van der Waals surface area contributed by atoms with Crippen LogP contribution in [-0.2, 0) is 28.7 Å². The predicted molar refractivity (Wildman–Crippen MR) is 156 cm³/mol. The van der Waals surface area contributed by atoms with Crippen molar-refractivity contribution in [2.75, 3.05) is 33.9 Å². The lowest BCUT2D eigenvalue weighted by Crippen LogP contribution is -2.40. The maximum atomic E-state index is 12.9. The molecule has 1 aromatic heterocycles. The maximum Gasteiger partial charge on any atom is 0.226 e. The van der Waals surface area contributed by atoms with Gasteiger partial charge < -0.3 is 30.3 Å². The highest BCUT2D eigenvalue weighted by Crippen LogP contribution is 2.36. The van der Waals surface area contributed by atoms with Gasteiger partial charge in [-0.05, 0) is 69.4 Å². The molecular weight excluding hydrogens is 538 g/mol. The van der Waals surface area contributed by atoms with E-state index in [9.17, 15) is 19.2 Å². The molecule has 2 saturated carbocycles. The summed E-state index contributed by atoms with van der Waals surface area (Å²) >= 11 is 0. The van der Waals surface area contributed by atoms with Crippen LogP contribution in [0.4, 0.5) is 0 Å². The van der Waals surface area contributed by atoms with E-state index >= 15 is 0 Å². The Morgan fingerprint density at radius 3 is 2.31 bits per heavy atom. The van der Waals surface area contributed by atoms with E-state index in [-0.39, 0.29) is 60.3 Å². The minimum absolute atomic E-state index is 0.0415. The van der Waals surface area contributed by atoms with Gasteiger partial charge in [0.2, 0.25) is 23.6 Å². The van der Waals surface area contributed by atoms with Crippen LogP contribution in [0.25, 0.3) is 0 Å². The van der Waals surface area contributed by atoms with Crippen molar-refractivity contribution in [3.05, 3.63) is 30.1 Å². The first kappa shape index (κ1) is 31.9. The SMILES string of the molecule is CNC(=O)C1CCC(NC(=O)CCCOC2CCC(OCCNC(=O)[C@H]3CC(=O)N(C)[C@@H]3c3cccnc3)CC2)CC1. The van der Waals surface area contributed by atoms with Gasteiger partial charge in [-0.15, -0.1) is 0 Å². The third kappa shape index (κ3) is 8.97. The zero-order valence-electron chi connectivity index (χ0n) is 25.0. The molecule has 4 amide bonds. The highest BCUT2D eigenvalue weighted by Gasteiger charge is 2.42. The average Bonchev–Trinajstić information content (AvgIpc) is 3.32. The Labute approximate surface area is 248 Å². The zero-order valence-corrected chi connectivity index (χ0v) is 25.0. The summed E-state index contributed by atoms with van der Waals surface area (Å²) in [5.41, 5.74) is 0.863. The van der Waals surface area contributed by atoms with Crippen LogP contribution >= 0.6 is 0 Å². The largest absolute Gasteiger partial charge is 0.378 e. The van der Waals surface area contributed by atoms with Gasteiger partial charge in [0.1, 0.15) is 0 Å². The second-order valence-corrected chi connectivity index (χ2v) is 11.8. The van der Waals surface area contributed by atoms with Crippen LogP contribution in [0.15, 0.2) is 24.5 Å². The molecule has 1 saturated heterocycles. The third-order valence-electron chi connectivity index (χ3n) is 8.94. The summed E-state index contributed by atoms with van der Waals surface area (Å²) in [5.74, 6) is -0.388. The summed E-state index contributed by atoms with van der Waals surface area (Å²) in [6.07, 6.45) is 12.1. The van der Waals surface area contributed by atoms with Crippen LogP contribution < -0.4 is 16.0 Å². The molecule has 0 radical (unpaired) electrons. The van der Waals surface area contributed by atoms with Crippen molar-refractivity contribution in [1.29, 1.82) is 0 Å². The fourth-order valence-corrected chi connectivity index (χ4v) is 6.49. The van der Waals surface area contributed by atoms with Crippen LogP contribution in [0.3, 0.4) is 0 Å². The summed E-state index contributed by atoms with van der Waals surface area (Å²) < 4.78 is 12.1. The number of amides is 4. The summed E-state index contributed by atoms with van der Waals surface area (Å²) in [7, 11) is 3.40. The number of hydrogen-bond donors (Lipinski definition) is 3. The number of pyridine rings is 1. The van der Waals surface area contributed by atoms with Gasteiger partial charge in [-0.1, -0.05) is 6.07 Å². The first-order valence-corrected chi connectivity index (χ1v) is 15.5. The molecular formula is C31H47N5O6. The second kappa shape index (κ2) is 16.0. The molecule has 232 valence electrons. The van der Waals surface area contributed by atoms with E-state index in [2.05, 4.69) is 20.9 Å². The number of nitrogens with zero attached hydrogens (tertiary/aromatic N) is 2. The van der Waals surface area contributed by atoms with Crippen LogP contribution in [0.1, 0.15) is 82.2 Å². The Kier molecular flexibility index (Phi) is 12.1. The van der Waals surface area contributed by atoms with E-state index in [1.54, 1.807) is 31.4 Å². The first-order chi connectivity index (χ1) is 20.4. The van der Waals surface area contributed by atoms with Crippen LogP contribution in [-0.4, -0.2) is 85.6 Å². The molecule has 3 aliphatic rings. The number of likely N-dealkylation sites (tertiary alicyclic amines) is 1. The minimum atomic E-state index is -0.444. The van der Waals surface area contributed by atoms with Crippen molar-refractivity contribution < 1.29 is 28.7 Å². The highest BCUT2D eigenvalue weighted by molar-refractivity contribution is 5.90. The predicted octanol–water partition coefficient (Wildman–Crippen LogP) is 2.26. The quantitative estimate of drug-likeness (QED) is 0.302. The third-order valence-corrected chi connectivity index (χ3v) is 8.94. The Hall–Kier alpha value is -3.05. The molecule has 0 unspecified atom stereocenters. The lowest BCUT2D eigenvalue weighted by atomic mass is 9.85. The number of carbonyl (C=O) groups excluding carboxylic acids is 4. The number of aromatic nitrogens is 1. The fourth-order valence-electron chi connectivity index (χ4n) is 6.49. The van der Waals surface area contributed by atoms with E-state index < -0.39 is 5.92 Å². The first-order valence-electron chi connectivity index (χ1n) is 15.5. The molecule has 4 rings (SSSR count). The molecule has 1 aromatic rings. The van der Waals surface area contributed by atoms with E-state index in [1.165, 1.54) is 0 Å². The van der Waals surface area contributed by atoms with Crippen molar-refractivity contribution in [2.24, 2.45) is 11.8 Å². The van der Waals surface area contributed by atoms with Gasteiger partial charge in [-0.2, -0.15) is 0 Å². The monoisotopic (exact) mass is 585 g/mol. The standard InChI is InChI=1S/C31H47N5O6/c1-32-30(39)21-7-9-23(10-8-21)35-27(37)6-4-17-41-24-11-13-25(14-12-24)42-18-16-34-31(40)26-19-28(38)36(2)29(26)22-5-3-15-33-20-22/h3,5,15,20-21,23-26,29H,4,6-14,16-19H2,1-2H3,(H,32,39)(H,34,40)(H,35,37)/t21?,23?,24?,25?,26-,29+/m0/s1. The molecule has 3 fully saturated rings. The highest BCUT2D eigenvalue weighted by atomic mass is 16.5. The average molecular weight is 586 g/mol. The molecule has 2 atom stereocenters. The van der Waals surface area contributed by atoms with Crippen molar-refractivity contribution in [3.63, 3.8) is 0 Å². The van der Waals surface area contributed by atoms with Crippen LogP contribution in [0.5, 0.6) is 0 Å². The fraction of sp³-hybridized carbons (Fsp3) is 0.710. The maximum absolute atomic E-state index is 12.9. The molecule has 0 aromatic carbocycles. The van der Waals surface area contributed by atoms with E-state index in [0.717, 1.165) is 56.9 Å². The van der Waals surface area contributed by atoms with Crippen molar-refractivity contribution >= 4 is 23.6 Å². The Bertz CT molecular complexity index is 1040. The van der Waals surface area contributed by atoms with Crippen LogP contribution in [0.2, 0.25) is 0 Å². The Morgan fingerprint density at radius 1 is 0.976 bits per heavy atom. The molecule has 11 heteroatoms. The molecule has 1 aliphatic heterocycles. The molecule has 0 bridgehead atoms. The summed E-state index contributed by atoms with van der Waals surface area (Å²) in [6.45, 7) is 1.40. The van der Waals surface area contributed by atoms with E-state index in [4.69, 9.17) is 9.47 Å². The molecule has 0 spiro atoms. The van der Waals surface area contributed by atoms with E-state index in [1.807, 2.05) is 12.1 Å². The lowest BCUT2D eigenvalue weighted by molar-refractivity contribution is -0.128. The molecule has 42 heavy (non-hydrogen) atoms. The number of carbonyl (C=O) groups is 4. The molecule has 3 N–H and O–H groups in total. The topological polar surface area (TPSA) is 139 Å². The normalized spacial score (nSPS) is 27.9. The second-order valence-electron chi connectivity index (χ2n) is 11.8. The number of nitrogens with one attached hydrogen (secondary N) is 3. The van der Waals surface area contributed by atoms with Gasteiger partial charge in [-0.25, -0.2) is 0 Å². The van der Waals surface area contributed by atoms with Gasteiger partial charge in [0, 0.05) is 64.4 Å². The van der Waals surface area contributed by atoms with Gasteiger partial charge in [0.05, 0.1) is 30.8 Å². The van der Waals surface area contributed by atoms with Crippen molar-refractivity contribution in [3.8, 4) is 0 Å². The Balaban J connectivity index is 1.03. The number of ether oxygens (including phenoxy) is 2. The minimum Gasteiger partial charge on any atom is -0.378 e. The zero-order chi connectivity index (χ0) is 29.9. The number of hydrogen-bond acceptors (Lipinski definition) is 7. The molecule has 11 nitrogen and oxygen atoms in total. The van der Waals surface area contributed by atoms with Crippen molar-refractivity contribution in [2.45, 2.75) is 94.9 Å². The lowest BCUT2D eigenvalue weighted by Gasteiger charge is -2.29. The van der Waals surface area contributed by atoms with Gasteiger partial charge in [0.15, 0.2) is 0 Å². The summed E-state index contributed by atoms with van der Waals surface area (Å²) in [4.78, 5) is 55.1. The Morgan fingerprint density at radius 2 is 1.67 bits per heavy atom. The summed E-state index contributed by atoms with van der Waals surface area (Å²) in [5, 5.41) is 8.78. The van der Waals surface area contributed by atoms with Crippen molar-refractivity contribution in [1.82, 2.24) is 25.8 Å². The summed E-state index contributed by atoms with van der Waals surface area (Å²) in [6, 6.07) is 3.58. The van der Waals surface area contributed by atoms with Gasteiger partial charge >= 0.3 is 0 Å². The number of rotatable bonds is 13. The van der Waals surface area contributed by atoms with Gasteiger partial charge in [-0.3, -0.25) is 24.2 Å². The van der Waals surface area contributed by atoms with Gasteiger partial charge in [0.25, 0.3) is 0 Å². The molecule has 2 aliphatic carbocycles. The van der Waals surface area contributed by atoms with Crippen LogP contribution in [0, 0.1) is 11.8 Å². The molecule has 2 heterocycles.